The van der Waals surface area contributed by atoms with Gasteiger partial charge in [0.25, 0.3) is 0 Å². The van der Waals surface area contributed by atoms with Crippen molar-refractivity contribution in [3.05, 3.63) is 0 Å². The highest BCUT2D eigenvalue weighted by molar-refractivity contribution is 4.80. The van der Waals surface area contributed by atoms with E-state index in [1.165, 1.54) is 25.7 Å². The molecule has 0 aliphatic carbocycles. The standard InChI is InChI=1S/C22H44N4O2/c1-19-5-3-7-25(13-19)17-21(27)15-23-9-11-24(12-10-23)16-22(28)18-26-8-4-6-20(2)14-26/h19-22,27-28H,3-18H2,1-2H3/t19-,20-,21-,22-/m1/s1. The van der Waals surface area contributed by atoms with Crippen LogP contribution in [0.5, 0.6) is 0 Å². The summed E-state index contributed by atoms with van der Waals surface area (Å²) in [6, 6.07) is 0. The molecule has 3 aliphatic rings. The predicted molar refractivity (Wildman–Crippen MR) is 115 cm³/mol. The summed E-state index contributed by atoms with van der Waals surface area (Å²) in [4.78, 5) is 9.67. The highest BCUT2D eigenvalue weighted by Gasteiger charge is 2.25. The Labute approximate surface area is 172 Å². The number of β-amino-alcohol motifs (C(OH)–C–C–N with tert-alkyl or cyclic N) is 2. The Morgan fingerprint density at radius 2 is 0.964 bits per heavy atom. The van der Waals surface area contributed by atoms with Crippen molar-refractivity contribution in [1.29, 1.82) is 0 Å². The fraction of sp³-hybridized carbons (Fsp3) is 1.00. The van der Waals surface area contributed by atoms with Gasteiger partial charge in [0.15, 0.2) is 0 Å². The van der Waals surface area contributed by atoms with E-state index in [0.29, 0.717) is 0 Å². The molecule has 0 bridgehead atoms. The molecule has 0 spiro atoms. The van der Waals surface area contributed by atoms with Crippen LogP contribution in [0, 0.1) is 11.8 Å². The molecule has 0 aromatic rings. The van der Waals surface area contributed by atoms with Crippen LogP contribution in [0.4, 0.5) is 0 Å². The lowest BCUT2D eigenvalue weighted by Gasteiger charge is -2.38. The normalized spacial score (nSPS) is 31.7. The zero-order chi connectivity index (χ0) is 19.9. The monoisotopic (exact) mass is 396 g/mol. The number of piperidine rings is 2. The van der Waals surface area contributed by atoms with Crippen molar-refractivity contribution < 1.29 is 10.2 Å². The first kappa shape index (κ1) is 22.4. The highest BCUT2D eigenvalue weighted by atomic mass is 16.3. The Morgan fingerprint density at radius 1 is 0.607 bits per heavy atom. The van der Waals surface area contributed by atoms with E-state index in [-0.39, 0.29) is 12.2 Å². The minimum atomic E-state index is -0.247. The number of likely N-dealkylation sites (tertiary alicyclic amines) is 2. The molecule has 28 heavy (non-hydrogen) atoms. The second-order valence-electron chi connectivity index (χ2n) is 9.92. The Bertz CT molecular complexity index is 404. The molecule has 4 atom stereocenters. The molecule has 2 N–H and O–H groups in total. The first-order chi connectivity index (χ1) is 13.5. The predicted octanol–water partition coefficient (Wildman–Crippen LogP) is 0.790. The first-order valence-corrected chi connectivity index (χ1v) is 11.7. The summed E-state index contributed by atoms with van der Waals surface area (Å²) >= 11 is 0. The third kappa shape index (κ3) is 7.54. The van der Waals surface area contributed by atoms with Gasteiger partial charge in [0.1, 0.15) is 0 Å². The molecule has 3 aliphatic heterocycles. The molecular weight excluding hydrogens is 352 g/mol. The largest absolute Gasteiger partial charge is 0.390 e. The molecule has 6 heteroatoms. The molecule has 3 fully saturated rings. The maximum atomic E-state index is 10.5. The maximum absolute atomic E-state index is 10.5. The van der Waals surface area contributed by atoms with Crippen molar-refractivity contribution in [1.82, 2.24) is 19.6 Å². The topological polar surface area (TPSA) is 53.4 Å². The van der Waals surface area contributed by atoms with Crippen LogP contribution in [0.3, 0.4) is 0 Å². The van der Waals surface area contributed by atoms with E-state index in [1.807, 2.05) is 0 Å². The van der Waals surface area contributed by atoms with Gasteiger partial charge in [-0.1, -0.05) is 13.8 Å². The number of hydrogen-bond donors (Lipinski definition) is 2. The van der Waals surface area contributed by atoms with Crippen LogP contribution >= 0.6 is 0 Å². The SMILES string of the molecule is C[C@@H]1CCCN(C[C@H](O)CN2CCN(C[C@@H](O)CN3CCC[C@@H](C)C3)CC2)C1. The Balaban J connectivity index is 1.29. The van der Waals surface area contributed by atoms with Gasteiger partial charge in [-0.15, -0.1) is 0 Å². The summed E-state index contributed by atoms with van der Waals surface area (Å²) in [5.74, 6) is 1.54. The van der Waals surface area contributed by atoms with E-state index in [0.717, 1.165) is 90.4 Å². The first-order valence-electron chi connectivity index (χ1n) is 11.7. The van der Waals surface area contributed by atoms with Crippen LogP contribution in [-0.2, 0) is 0 Å². The van der Waals surface area contributed by atoms with Crippen molar-refractivity contribution >= 4 is 0 Å². The van der Waals surface area contributed by atoms with E-state index in [4.69, 9.17) is 0 Å². The van der Waals surface area contributed by atoms with Gasteiger partial charge in [-0.25, -0.2) is 0 Å². The molecule has 164 valence electrons. The molecule has 0 unspecified atom stereocenters. The van der Waals surface area contributed by atoms with Crippen molar-refractivity contribution in [2.24, 2.45) is 11.8 Å². The number of rotatable bonds is 8. The van der Waals surface area contributed by atoms with Crippen LogP contribution in [0.2, 0.25) is 0 Å². The second kappa shape index (κ2) is 11.2. The summed E-state index contributed by atoms with van der Waals surface area (Å²) in [5, 5.41) is 21.0. The molecular formula is C22H44N4O2. The number of aliphatic hydroxyl groups is 2. The minimum absolute atomic E-state index is 0.247. The number of piperazine rings is 1. The molecule has 6 nitrogen and oxygen atoms in total. The van der Waals surface area contributed by atoms with Crippen molar-refractivity contribution in [3.8, 4) is 0 Å². The number of aliphatic hydroxyl groups excluding tert-OH is 2. The molecule has 0 saturated carbocycles. The van der Waals surface area contributed by atoms with Gasteiger partial charge in [-0.3, -0.25) is 9.80 Å². The lowest BCUT2D eigenvalue weighted by atomic mass is 10.00. The molecule has 0 radical (unpaired) electrons. The third-order valence-electron chi connectivity index (χ3n) is 6.82. The van der Waals surface area contributed by atoms with Crippen molar-refractivity contribution in [2.75, 3.05) is 78.5 Å². The quantitative estimate of drug-likeness (QED) is 0.633. The zero-order valence-corrected chi connectivity index (χ0v) is 18.3. The van der Waals surface area contributed by atoms with E-state index in [1.54, 1.807) is 0 Å². The summed E-state index contributed by atoms with van der Waals surface area (Å²) in [6.07, 6.45) is 4.71. The Kier molecular flexibility index (Phi) is 9.00. The third-order valence-corrected chi connectivity index (χ3v) is 6.82. The molecule has 3 heterocycles. The van der Waals surface area contributed by atoms with Crippen LogP contribution in [0.1, 0.15) is 39.5 Å². The van der Waals surface area contributed by atoms with Gasteiger partial charge < -0.3 is 20.0 Å². The Hall–Kier alpha value is -0.240. The van der Waals surface area contributed by atoms with Gasteiger partial charge in [0, 0.05) is 65.4 Å². The van der Waals surface area contributed by atoms with Crippen LogP contribution in [-0.4, -0.2) is 121 Å². The molecule has 0 amide bonds. The molecule has 3 rings (SSSR count). The summed E-state index contributed by atoms with van der Waals surface area (Å²) in [5.41, 5.74) is 0. The Morgan fingerprint density at radius 3 is 1.32 bits per heavy atom. The highest BCUT2D eigenvalue weighted by Crippen LogP contribution is 2.17. The number of hydrogen-bond acceptors (Lipinski definition) is 6. The number of nitrogens with zero attached hydrogens (tertiary/aromatic N) is 4. The van der Waals surface area contributed by atoms with E-state index in [2.05, 4.69) is 33.4 Å². The fourth-order valence-electron chi connectivity index (χ4n) is 5.37. The van der Waals surface area contributed by atoms with Gasteiger partial charge in [-0.2, -0.15) is 0 Å². The average Bonchev–Trinajstić information content (AvgIpc) is 2.63. The molecule has 3 saturated heterocycles. The van der Waals surface area contributed by atoms with Crippen LogP contribution in [0.25, 0.3) is 0 Å². The van der Waals surface area contributed by atoms with Crippen LogP contribution < -0.4 is 0 Å². The van der Waals surface area contributed by atoms with E-state index >= 15 is 0 Å². The molecule has 0 aromatic carbocycles. The lowest BCUT2D eigenvalue weighted by molar-refractivity contribution is 0.0210. The van der Waals surface area contributed by atoms with Crippen molar-refractivity contribution in [3.63, 3.8) is 0 Å². The van der Waals surface area contributed by atoms with E-state index < -0.39 is 0 Å². The van der Waals surface area contributed by atoms with Gasteiger partial charge >= 0.3 is 0 Å². The van der Waals surface area contributed by atoms with E-state index in [9.17, 15) is 10.2 Å². The van der Waals surface area contributed by atoms with Gasteiger partial charge in [0.05, 0.1) is 12.2 Å². The van der Waals surface area contributed by atoms with Gasteiger partial charge in [0.2, 0.25) is 0 Å². The summed E-state index contributed by atoms with van der Waals surface area (Å²) in [6.45, 7) is 16.4. The minimum Gasteiger partial charge on any atom is -0.390 e. The fourth-order valence-corrected chi connectivity index (χ4v) is 5.37. The van der Waals surface area contributed by atoms with Crippen LogP contribution in [0.15, 0.2) is 0 Å². The second-order valence-corrected chi connectivity index (χ2v) is 9.92. The smallest absolute Gasteiger partial charge is 0.0793 e. The molecule has 0 aromatic heterocycles. The average molecular weight is 397 g/mol. The lowest BCUT2D eigenvalue weighted by Crippen LogP contribution is -2.52. The maximum Gasteiger partial charge on any atom is 0.0793 e. The van der Waals surface area contributed by atoms with Crippen molar-refractivity contribution in [2.45, 2.75) is 51.7 Å². The summed E-state index contributed by atoms with van der Waals surface area (Å²) < 4.78 is 0. The zero-order valence-electron chi connectivity index (χ0n) is 18.3. The van der Waals surface area contributed by atoms with Gasteiger partial charge in [-0.05, 0) is 50.6 Å². The summed E-state index contributed by atoms with van der Waals surface area (Å²) in [7, 11) is 0.